The summed E-state index contributed by atoms with van der Waals surface area (Å²) in [6.45, 7) is 0.118. The lowest BCUT2D eigenvalue weighted by molar-refractivity contribution is -0.150. The molecule has 0 spiro atoms. The van der Waals surface area contributed by atoms with E-state index in [2.05, 4.69) is 5.16 Å². The SMILES string of the molecule is O=C(OCc1cc(-c2ccccc2Cl)no1)C1CCCC1. The quantitative estimate of drug-likeness (QED) is 0.793. The number of esters is 1. The minimum absolute atomic E-state index is 0.0518. The van der Waals surface area contributed by atoms with Gasteiger partial charge >= 0.3 is 5.97 Å². The summed E-state index contributed by atoms with van der Waals surface area (Å²) in [7, 11) is 0. The second-order valence-corrected chi connectivity index (χ2v) is 5.65. The van der Waals surface area contributed by atoms with E-state index in [0.717, 1.165) is 31.2 Å². The van der Waals surface area contributed by atoms with Crippen LogP contribution in [0.4, 0.5) is 0 Å². The van der Waals surface area contributed by atoms with Gasteiger partial charge in [-0.05, 0) is 18.9 Å². The zero-order valence-electron chi connectivity index (χ0n) is 11.5. The summed E-state index contributed by atoms with van der Waals surface area (Å²) >= 11 is 6.11. The van der Waals surface area contributed by atoms with Crippen LogP contribution in [0.5, 0.6) is 0 Å². The number of benzene rings is 1. The summed E-state index contributed by atoms with van der Waals surface area (Å²) in [6.07, 6.45) is 4.08. The van der Waals surface area contributed by atoms with Crippen molar-refractivity contribution in [3.05, 3.63) is 41.1 Å². The van der Waals surface area contributed by atoms with Crippen LogP contribution < -0.4 is 0 Å². The largest absolute Gasteiger partial charge is 0.457 e. The van der Waals surface area contributed by atoms with Crippen molar-refractivity contribution in [3.63, 3.8) is 0 Å². The van der Waals surface area contributed by atoms with Crippen LogP contribution in [0.2, 0.25) is 5.02 Å². The molecule has 0 N–H and O–H groups in total. The van der Waals surface area contributed by atoms with E-state index >= 15 is 0 Å². The van der Waals surface area contributed by atoms with Crippen LogP contribution >= 0.6 is 11.6 Å². The van der Waals surface area contributed by atoms with Crippen LogP contribution in [0.25, 0.3) is 11.3 Å². The molecule has 0 amide bonds. The molecule has 0 unspecified atom stereocenters. The lowest BCUT2D eigenvalue weighted by Crippen LogP contribution is -2.14. The number of halogens is 1. The van der Waals surface area contributed by atoms with E-state index in [4.69, 9.17) is 20.9 Å². The third-order valence-electron chi connectivity index (χ3n) is 3.75. The van der Waals surface area contributed by atoms with Crippen LogP contribution in [0.1, 0.15) is 31.4 Å². The standard InChI is InChI=1S/C16H16ClNO3/c17-14-8-4-3-7-13(14)15-9-12(21-18-15)10-20-16(19)11-5-1-2-6-11/h3-4,7-9,11H,1-2,5-6,10H2. The van der Waals surface area contributed by atoms with E-state index < -0.39 is 0 Å². The zero-order valence-corrected chi connectivity index (χ0v) is 12.3. The number of carbonyl (C=O) groups excluding carboxylic acids is 1. The van der Waals surface area contributed by atoms with E-state index in [1.54, 1.807) is 12.1 Å². The lowest BCUT2D eigenvalue weighted by Gasteiger charge is -2.07. The molecule has 1 heterocycles. The van der Waals surface area contributed by atoms with E-state index in [9.17, 15) is 4.79 Å². The highest BCUT2D eigenvalue weighted by molar-refractivity contribution is 6.33. The highest BCUT2D eigenvalue weighted by Crippen LogP contribution is 2.28. The van der Waals surface area contributed by atoms with Gasteiger partial charge in [-0.15, -0.1) is 0 Å². The van der Waals surface area contributed by atoms with Gasteiger partial charge in [-0.25, -0.2) is 0 Å². The van der Waals surface area contributed by atoms with E-state index in [0.29, 0.717) is 16.5 Å². The summed E-state index contributed by atoms with van der Waals surface area (Å²) in [4.78, 5) is 11.8. The van der Waals surface area contributed by atoms with Crippen LogP contribution in [-0.2, 0) is 16.1 Å². The third-order valence-corrected chi connectivity index (χ3v) is 4.08. The summed E-state index contributed by atoms with van der Waals surface area (Å²) in [6, 6.07) is 9.16. The first-order chi connectivity index (χ1) is 10.2. The van der Waals surface area contributed by atoms with Crippen molar-refractivity contribution in [3.8, 4) is 11.3 Å². The van der Waals surface area contributed by atoms with Gasteiger partial charge in [0.2, 0.25) is 0 Å². The average molecular weight is 306 g/mol. The predicted molar refractivity (Wildman–Crippen MR) is 78.7 cm³/mol. The van der Waals surface area contributed by atoms with Crippen LogP contribution in [0.3, 0.4) is 0 Å². The van der Waals surface area contributed by atoms with Gasteiger partial charge in [-0.1, -0.05) is 47.8 Å². The molecular formula is C16H16ClNO3. The van der Waals surface area contributed by atoms with Gasteiger partial charge in [0.1, 0.15) is 5.69 Å². The Bertz CT molecular complexity index is 632. The Balaban J connectivity index is 1.63. The summed E-state index contributed by atoms with van der Waals surface area (Å²) in [5, 5.41) is 4.58. The predicted octanol–water partition coefficient (Wildman–Crippen LogP) is 4.23. The number of ether oxygens (including phenoxy) is 1. The number of nitrogens with zero attached hydrogens (tertiary/aromatic N) is 1. The minimum atomic E-state index is -0.136. The lowest BCUT2D eigenvalue weighted by atomic mass is 10.1. The maximum atomic E-state index is 11.8. The summed E-state index contributed by atoms with van der Waals surface area (Å²) < 4.78 is 10.5. The highest BCUT2D eigenvalue weighted by Gasteiger charge is 2.24. The number of rotatable bonds is 4. The normalized spacial score (nSPS) is 15.3. The van der Waals surface area contributed by atoms with Crippen molar-refractivity contribution >= 4 is 17.6 Å². The first-order valence-electron chi connectivity index (χ1n) is 7.11. The Morgan fingerprint density at radius 3 is 2.86 bits per heavy atom. The molecule has 4 nitrogen and oxygen atoms in total. The van der Waals surface area contributed by atoms with Crippen molar-refractivity contribution in [2.75, 3.05) is 0 Å². The van der Waals surface area contributed by atoms with E-state index in [1.165, 1.54) is 0 Å². The molecule has 0 saturated heterocycles. The molecule has 1 fully saturated rings. The molecular weight excluding hydrogens is 290 g/mol. The van der Waals surface area contributed by atoms with Crippen molar-refractivity contribution in [1.29, 1.82) is 0 Å². The topological polar surface area (TPSA) is 52.3 Å². The Kier molecular flexibility index (Phi) is 4.25. The molecule has 1 aliphatic carbocycles. The summed E-state index contributed by atoms with van der Waals surface area (Å²) in [5.41, 5.74) is 1.45. The van der Waals surface area contributed by atoms with Gasteiger partial charge in [0.15, 0.2) is 12.4 Å². The van der Waals surface area contributed by atoms with Gasteiger partial charge in [0.25, 0.3) is 0 Å². The number of hydrogen-bond acceptors (Lipinski definition) is 4. The molecule has 1 aromatic carbocycles. The van der Waals surface area contributed by atoms with Crippen molar-refractivity contribution < 1.29 is 14.1 Å². The fourth-order valence-corrected chi connectivity index (χ4v) is 2.83. The Hall–Kier alpha value is -1.81. The molecule has 2 aromatic rings. The first-order valence-corrected chi connectivity index (χ1v) is 7.49. The monoisotopic (exact) mass is 305 g/mol. The Labute approximate surface area is 128 Å². The molecule has 1 saturated carbocycles. The maximum absolute atomic E-state index is 11.8. The smallest absolute Gasteiger partial charge is 0.309 e. The van der Waals surface area contributed by atoms with E-state index in [-0.39, 0.29) is 18.5 Å². The van der Waals surface area contributed by atoms with Gasteiger partial charge in [0.05, 0.1) is 10.9 Å². The first kappa shape index (κ1) is 14.1. The van der Waals surface area contributed by atoms with Gasteiger partial charge in [0, 0.05) is 11.6 Å². The second-order valence-electron chi connectivity index (χ2n) is 5.25. The van der Waals surface area contributed by atoms with Crippen LogP contribution in [-0.4, -0.2) is 11.1 Å². The molecule has 0 radical (unpaired) electrons. The zero-order chi connectivity index (χ0) is 14.7. The van der Waals surface area contributed by atoms with Gasteiger partial charge in [-0.3, -0.25) is 4.79 Å². The average Bonchev–Trinajstić information content (AvgIpc) is 3.17. The second kappa shape index (κ2) is 6.31. The van der Waals surface area contributed by atoms with Gasteiger partial charge < -0.3 is 9.26 Å². The molecule has 0 aliphatic heterocycles. The fraction of sp³-hybridized carbons (Fsp3) is 0.375. The Morgan fingerprint density at radius 2 is 2.10 bits per heavy atom. The molecule has 0 atom stereocenters. The third kappa shape index (κ3) is 3.27. The van der Waals surface area contributed by atoms with Crippen LogP contribution in [0, 0.1) is 5.92 Å². The van der Waals surface area contributed by atoms with Crippen molar-refractivity contribution in [2.45, 2.75) is 32.3 Å². The number of carbonyl (C=O) groups is 1. The molecule has 110 valence electrons. The van der Waals surface area contributed by atoms with Crippen molar-refractivity contribution in [1.82, 2.24) is 5.16 Å². The number of hydrogen-bond donors (Lipinski definition) is 0. The molecule has 1 aromatic heterocycles. The minimum Gasteiger partial charge on any atom is -0.457 e. The highest BCUT2D eigenvalue weighted by atomic mass is 35.5. The molecule has 21 heavy (non-hydrogen) atoms. The molecule has 3 rings (SSSR count). The van der Waals surface area contributed by atoms with Gasteiger partial charge in [-0.2, -0.15) is 0 Å². The van der Waals surface area contributed by atoms with Crippen molar-refractivity contribution in [2.24, 2.45) is 5.92 Å². The fourth-order valence-electron chi connectivity index (χ4n) is 2.60. The van der Waals surface area contributed by atoms with E-state index in [1.807, 2.05) is 18.2 Å². The number of aromatic nitrogens is 1. The Morgan fingerprint density at radius 1 is 1.33 bits per heavy atom. The molecule has 0 bridgehead atoms. The van der Waals surface area contributed by atoms with Crippen LogP contribution in [0.15, 0.2) is 34.9 Å². The molecule has 5 heteroatoms. The summed E-state index contributed by atoms with van der Waals surface area (Å²) in [5.74, 6) is 0.440. The maximum Gasteiger partial charge on any atom is 0.309 e. The molecule has 1 aliphatic rings.